The van der Waals surface area contributed by atoms with Crippen molar-refractivity contribution < 1.29 is 82.9 Å². The highest BCUT2D eigenvalue weighted by Gasteiger charge is 2.75. The van der Waals surface area contributed by atoms with Crippen LogP contribution in [-0.4, -0.2) is 25.9 Å². The van der Waals surface area contributed by atoms with Crippen LogP contribution < -0.4 is 0 Å². The molecule has 0 saturated heterocycles. The maximum Gasteiger partial charge on any atom is 0.464 e. The number of alkyl halides is 11. The molecule has 180 valence electrons. The third-order valence-corrected chi connectivity index (χ3v) is 3.98. The standard InChI is InChI=1S/C11F16O3S/c12-3-1(4(13)6(15)2(5(3)14)8(18,19)20)7(16,17)9(21,22)30-10(23,24)11(25,26)31(27,28)29. The monoisotopic (exact) mass is 516 g/mol. The largest absolute Gasteiger partial charge is 0.464 e. The second kappa shape index (κ2) is 7.27. The molecule has 0 unspecified atom stereocenters. The summed E-state index contributed by atoms with van der Waals surface area (Å²) in [6.07, 6.45) is -21.2. The lowest BCUT2D eigenvalue weighted by atomic mass is 10.0. The molecule has 3 nitrogen and oxygen atoms in total. The van der Waals surface area contributed by atoms with Crippen LogP contribution >= 0.6 is 0 Å². The highest BCUT2D eigenvalue weighted by molar-refractivity contribution is 7.87. The minimum Gasteiger partial charge on any atom is -0.244 e. The van der Waals surface area contributed by atoms with Crippen LogP contribution in [0, 0.1) is 23.3 Å². The Balaban J connectivity index is 3.74. The molecule has 1 aromatic rings. The molecule has 0 fully saturated rings. The fourth-order valence-electron chi connectivity index (χ4n) is 1.73. The van der Waals surface area contributed by atoms with Crippen molar-refractivity contribution in [1.29, 1.82) is 0 Å². The number of ether oxygens (including phenoxy) is 1. The molecule has 0 aromatic heterocycles. The van der Waals surface area contributed by atoms with Crippen LogP contribution in [0.15, 0.2) is 0 Å². The molecular weight excluding hydrogens is 516 g/mol. The predicted octanol–water partition coefficient (Wildman–Crippen LogP) is 5.45. The Kier molecular flexibility index (Phi) is 6.34. The summed E-state index contributed by atoms with van der Waals surface area (Å²) >= 11 is 0. The Labute approximate surface area is 158 Å². The van der Waals surface area contributed by atoms with E-state index in [1.165, 1.54) is 4.74 Å². The van der Waals surface area contributed by atoms with Crippen LogP contribution in [0.1, 0.15) is 11.1 Å². The zero-order valence-electron chi connectivity index (χ0n) is 13.2. The number of hydrogen-bond acceptors (Lipinski definition) is 3. The van der Waals surface area contributed by atoms with Gasteiger partial charge >= 0.3 is 39.8 Å². The maximum absolute atomic E-state index is 13.7. The van der Waals surface area contributed by atoms with Gasteiger partial charge in [-0.25, -0.2) is 22.3 Å². The van der Waals surface area contributed by atoms with Gasteiger partial charge in [0.05, 0.1) is 0 Å². The van der Waals surface area contributed by atoms with E-state index in [1.54, 1.807) is 0 Å². The lowest BCUT2D eigenvalue weighted by Crippen LogP contribution is -2.54. The van der Waals surface area contributed by atoms with Crippen LogP contribution in [0.4, 0.5) is 69.7 Å². The molecule has 20 heteroatoms. The lowest BCUT2D eigenvalue weighted by molar-refractivity contribution is -0.460. The summed E-state index contributed by atoms with van der Waals surface area (Å²) in [5.41, 5.74) is -7.60. The molecule has 31 heavy (non-hydrogen) atoms. The molecule has 0 aliphatic heterocycles. The van der Waals surface area contributed by atoms with E-state index in [4.69, 9.17) is 0 Å². The van der Waals surface area contributed by atoms with E-state index in [2.05, 4.69) is 0 Å². The van der Waals surface area contributed by atoms with Gasteiger partial charge in [-0.05, 0) is 0 Å². The molecule has 0 saturated carbocycles. The predicted molar refractivity (Wildman–Crippen MR) is 61.1 cm³/mol. The van der Waals surface area contributed by atoms with Crippen LogP contribution in [-0.2, 0) is 27.1 Å². The van der Waals surface area contributed by atoms with Crippen molar-refractivity contribution in [1.82, 2.24) is 0 Å². The summed E-state index contributed by atoms with van der Waals surface area (Å²) in [5, 5.41) is -7.33. The van der Waals surface area contributed by atoms with Gasteiger partial charge in [0.15, 0.2) is 23.3 Å². The van der Waals surface area contributed by atoms with E-state index in [0.29, 0.717) is 0 Å². The summed E-state index contributed by atoms with van der Waals surface area (Å²) in [7, 11) is -7.87. The van der Waals surface area contributed by atoms with E-state index in [9.17, 15) is 78.2 Å². The normalized spacial score (nSPS) is 14.8. The van der Waals surface area contributed by atoms with Gasteiger partial charge in [-0.3, -0.25) is 0 Å². The molecular formula is C11F16O3S. The quantitative estimate of drug-likeness (QED) is 0.287. The Morgan fingerprint density at radius 3 is 1.19 bits per heavy atom. The second-order valence-electron chi connectivity index (χ2n) is 5.17. The summed E-state index contributed by atoms with van der Waals surface area (Å²) in [4.78, 5) is 0. The zero-order valence-corrected chi connectivity index (χ0v) is 14.0. The molecule has 0 N–H and O–H groups in total. The first-order valence-corrected chi connectivity index (χ1v) is 7.82. The van der Waals surface area contributed by atoms with Crippen LogP contribution in [0.5, 0.6) is 0 Å². The molecule has 1 rings (SSSR count). The first-order valence-electron chi connectivity index (χ1n) is 6.43. The van der Waals surface area contributed by atoms with Crippen molar-refractivity contribution in [2.24, 2.45) is 0 Å². The van der Waals surface area contributed by atoms with Gasteiger partial charge in [0, 0.05) is 0 Å². The van der Waals surface area contributed by atoms with Gasteiger partial charge in [0.2, 0.25) is 0 Å². The average Bonchev–Trinajstić information content (AvgIpc) is 2.49. The van der Waals surface area contributed by atoms with Gasteiger partial charge in [0.1, 0.15) is 11.1 Å². The Bertz CT molecular complexity index is 950. The summed E-state index contributed by atoms with van der Waals surface area (Å²) < 4.78 is 229. The fraction of sp³-hybridized carbons (Fsp3) is 0.455. The highest BCUT2D eigenvalue weighted by atomic mass is 32.3. The molecule has 0 aliphatic carbocycles. The number of benzene rings is 1. The lowest BCUT2D eigenvalue weighted by Gasteiger charge is -2.32. The maximum atomic E-state index is 13.7. The van der Waals surface area contributed by atoms with Crippen molar-refractivity contribution in [2.45, 2.75) is 29.6 Å². The van der Waals surface area contributed by atoms with Crippen molar-refractivity contribution in [3.05, 3.63) is 34.4 Å². The smallest absolute Gasteiger partial charge is 0.244 e. The molecule has 1 aromatic carbocycles. The summed E-state index contributed by atoms with van der Waals surface area (Å²) in [5.74, 6) is -22.6. The molecule has 0 bridgehead atoms. The van der Waals surface area contributed by atoms with E-state index >= 15 is 0 Å². The van der Waals surface area contributed by atoms with Crippen molar-refractivity contribution >= 4 is 10.2 Å². The van der Waals surface area contributed by atoms with Gasteiger partial charge < -0.3 is 0 Å². The van der Waals surface area contributed by atoms with Crippen molar-refractivity contribution in [3.63, 3.8) is 0 Å². The minimum absolute atomic E-state index is 1.54. The molecule has 0 aliphatic rings. The molecule has 0 heterocycles. The third-order valence-electron chi connectivity index (χ3n) is 3.13. The molecule has 0 atom stereocenters. The van der Waals surface area contributed by atoms with Crippen LogP contribution in [0.2, 0.25) is 0 Å². The molecule has 0 spiro atoms. The Hall–Kier alpha value is -1.99. The minimum atomic E-state index is -7.87. The summed E-state index contributed by atoms with van der Waals surface area (Å²) in [6.45, 7) is 0. The first kappa shape index (κ1) is 27.0. The average molecular weight is 516 g/mol. The van der Waals surface area contributed by atoms with E-state index in [1.807, 2.05) is 0 Å². The van der Waals surface area contributed by atoms with Crippen LogP contribution in [0.25, 0.3) is 0 Å². The second-order valence-corrected chi connectivity index (χ2v) is 6.56. The highest BCUT2D eigenvalue weighted by Crippen LogP contribution is 2.52. The van der Waals surface area contributed by atoms with E-state index in [0.717, 1.165) is 0 Å². The topological polar surface area (TPSA) is 43.4 Å². The van der Waals surface area contributed by atoms with Crippen molar-refractivity contribution in [3.8, 4) is 0 Å². The number of rotatable bonds is 6. The Morgan fingerprint density at radius 2 is 0.903 bits per heavy atom. The van der Waals surface area contributed by atoms with E-state index in [-0.39, 0.29) is 0 Å². The Morgan fingerprint density at radius 1 is 0.581 bits per heavy atom. The third kappa shape index (κ3) is 4.22. The fourth-order valence-corrected chi connectivity index (χ4v) is 2.05. The van der Waals surface area contributed by atoms with Gasteiger partial charge in [-0.1, -0.05) is 3.89 Å². The summed E-state index contributed by atoms with van der Waals surface area (Å²) in [6, 6.07) is 0. The first-order chi connectivity index (χ1) is 13.3. The SMILES string of the molecule is O=S(=O)(F)C(F)(F)C(F)(F)OC(F)(F)C(F)(F)c1c(F)c(F)c(C(F)(F)F)c(F)c1F. The number of hydrogen-bond donors (Lipinski definition) is 0. The number of halogens is 16. The van der Waals surface area contributed by atoms with Gasteiger partial charge in [0.25, 0.3) is 0 Å². The van der Waals surface area contributed by atoms with Crippen LogP contribution in [0.3, 0.4) is 0 Å². The zero-order chi connectivity index (χ0) is 25.2. The molecule has 0 radical (unpaired) electrons. The van der Waals surface area contributed by atoms with E-state index < -0.39 is 74.2 Å². The molecule has 0 amide bonds. The van der Waals surface area contributed by atoms with Crippen molar-refractivity contribution in [2.75, 3.05) is 0 Å². The van der Waals surface area contributed by atoms with Gasteiger partial charge in [-0.15, -0.1) is 0 Å². The van der Waals surface area contributed by atoms with Gasteiger partial charge in [-0.2, -0.15) is 56.7 Å².